The molecule has 1 unspecified atom stereocenters. The predicted molar refractivity (Wildman–Crippen MR) is 130 cm³/mol. The minimum absolute atomic E-state index is 0.104. The Morgan fingerprint density at radius 1 is 1.03 bits per heavy atom. The Labute approximate surface area is 201 Å². The Balaban J connectivity index is 1.47. The number of rotatable bonds is 6. The molecular weight excluding hydrogens is 447 g/mol. The fourth-order valence-electron chi connectivity index (χ4n) is 4.46. The molecule has 1 aromatic heterocycles. The number of hydrogen-bond donors (Lipinski definition) is 3. The lowest BCUT2D eigenvalue weighted by atomic mass is 10.1. The second-order valence-electron chi connectivity index (χ2n) is 8.44. The first-order valence-electron chi connectivity index (χ1n) is 11.3. The number of nitrogens with one attached hydrogen (secondary N) is 2. The number of fused-ring (bicyclic) bond motifs is 1. The molecule has 2 amide bonds. The van der Waals surface area contributed by atoms with Crippen LogP contribution in [0.2, 0.25) is 0 Å². The van der Waals surface area contributed by atoms with Gasteiger partial charge in [-0.3, -0.25) is 10.1 Å². The van der Waals surface area contributed by atoms with Gasteiger partial charge in [-0.25, -0.2) is 13.9 Å². The van der Waals surface area contributed by atoms with E-state index in [9.17, 15) is 14.0 Å². The van der Waals surface area contributed by atoms with Crippen LogP contribution in [-0.4, -0.2) is 26.9 Å². The summed E-state index contributed by atoms with van der Waals surface area (Å²) in [6, 6.07) is 22.2. The van der Waals surface area contributed by atoms with Gasteiger partial charge in [0.25, 0.3) is 0 Å². The third-order valence-electron chi connectivity index (χ3n) is 6.05. The Morgan fingerprint density at radius 3 is 2.66 bits per heavy atom. The van der Waals surface area contributed by atoms with Crippen molar-refractivity contribution >= 4 is 17.8 Å². The lowest BCUT2D eigenvalue weighted by Gasteiger charge is -2.15. The molecule has 35 heavy (non-hydrogen) atoms. The highest BCUT2D eigenvalue weighted by Gasteiger charge is 2.24. The maximum absolute atomic E-state index is 14.5. The number of urea groups is 1. The van der Waals surface area contributed by atoms with E-state index in [1.54, 1.807) is 48.5 Å². The fraction of sp³-hybridized carbons (Fsp3) is 0.148. The first-order chi connectivity index (χ1) is 17.0. The van der Waals surface area contributed by atoms with Crippen LogP contribution < -0.4 is 10.6 Å². The van der Waals surface area contributed by atoms with Gasteiger partial charge in [0.2, 0.25) is 0 Å². The van der Waals surface area contributed by atoms with Gasteiger partial charge < -0.3 is 10.4 Å². The third kappa shape index (κ3) is 4.77. The Kier molecular flexibility index (Phi) is 6.01. The molecule has 4 aromatic rings. The van der Waals surface area contributed by atoms with Gasteiger partial charge in [0.05, 0.1) is 23.8 Å². The van der Waals surface area contributed by atoms with Crippen molar-refractivity contribution in [1.29, 1.82) is 0 Å². The summed E-state index contributed by atoms with van der Waals surface area (Å²) in [5.74, 6) is -1.06. The third-order valence-corrected chi connectivity index (χ3v) is 6.05. The second-order valence-corrected chi connectivity index (χ2v) is 8.44. The Bertz CT molecular complexity index is 1420. The molecular formula is C27H23FN4O3. The van der Waals surface area contributed by atoms with Gasteiger partial charge in [0.15, 0.2) is 0 Å². The first-order valence-corrected chi connectivity index (χ1v) is 11.3. The minimum atomic E-state index is -0.954. The van der Waals surface area contributed by atoms with Crippen molar-refractivity contribution in [2.75, 3.05) is 5.32 Å². The zero-order valence-electron chi connectivity index (χ0n) is 18.7. The summed E-state index contributed by atoms with van der Waals surface area (Å²) in [7, 11) is 0. The van der Waals surface area contributed by atoms with Crippen LogP contribution in [0.25, 0.3) is 16.9 Å². The standard InChI is InChI=1S/C27H23FN4O3/c28-22-11-4-3-10-21(22)24-16-25(32(31-24)19-8-5-6-17(14-19)15-26(33)34)30-27(35)29-23-13-12-18-7-1-2-9-20(18)23/h1-11,14,16,23H,12-13,15H2,(H,33,34)(H2,29,30,35). The number of carbonyl (C=O) groups excluding carboxylic acids is 1. The minimum Gasteiger partial charge on any atom is -0.481 e. The lowest BCUT2D eigenvalue weighted by molar-refractivity contribution is -0.136. The molecule has 3 aromatic carbocycles. The van der Waals surface area contributed by atoms with E-state index < -0.39 is 17.8 Å². The Hall–Kier alpha value is -4.46. The van der Waals surface area contributed by atoms with E-state index in [0.717, 1.165) is 18.4 Å². The molecule has 1 atom stereocenters. The molecule has 0 bridgehead atoms. The first kappa shape index (κ1) is 22.3. The van der Waals surface area contributed by atoms with Crippen LogP contribution in [0.3, 0.4) is 0 Å². The van der Waals surface area contributed by atoms with Gasteiger partial charge in [-0.1, -0.05) is 48.5 Å². The molecule has 5 rings (SSSR count). The summed E-state index contributed by atoms with van der Waals surface area (Å²) in [5.41, 5.74) is 4.09. The fourth-order valence-corrected chi connectivity index (χ4v) is 4.46. The summed E-state index contributed by atoms with van der Waals surface area (Å²) in [5, 5.41) is 19.6. The summed E-state index contributed by atoms with van der Waals surface area (Å²) >= 11 is 0. The van der Waals surface area contributed by atoms with Gasteiger partial charge in [-0.15, -0.1) is 0 Å². The smallest absolute Gasteiger partial charge is 0.320 e. The van der Waals surface area contributed by atoms with Gasteiger partial charge in [-0.2, -0.15) is 5.10 Å². The molecule has 0 aliphatic heterocycles. The van der Waals surface area contributed by atoms with E-state index in [-0.39, 0.29) is 12.5 Å². The number of nitrogens with zero attached hydrogens (tertiary/aromatic N) is 2. The normalized spacial score (nSPS) is 14.4. The SMILES string of the molecule is O=C(O)Cc1cccc(-n2nc(-c3ccccc3F)cc2NC(=O)NC2CCc3ccccc32)c1. The van der Waals surface area contributed by atoms with E-state index in [2.05, 4.69) is 21.8 Å². The molecule has 0 spiro atoms. The van der Waals surface area contributed by atoms with Gasteiger partial charge >= 0.3 is 12.0 Å². The van der Waals surface area contributed by atoms with Crippen molar-refractivity contribution < 1.29 is 19.1 Å². The molecule has 7 nitrogen and oxygen atoms in total. The van der Waals surface area contributed by atoms with Crippen LogP contribution in [0, 0.1) is 5.82 Å². The van der Waals surface area contributed by atoms with E-state index in [1.165, 1.54) is 16.3 Å². The molecule has 0 radical (unpaired) electrons. The number of amides is 2. The van der Waals surface area contributed by atoms with Crippen LogP contribution in [0.15, 0.2) is 78.9 Å². The summed E-state index contributed by atoms with van der Waals surface area (Å²) in [4.78, 5) is 24.2. The van der Waals surface area contributed by atoms with Crippen LogP contribution >= 0.6 is 0 Å². The number of hydrogen-bond acceptors (Lipinski definition) is 3. The lowest BCUT2D eigenvalue weighted by Crippen LogP contribution is -2.32. The van der Waals surface area contributed by atoms with Crippen molar-refractivity contribution in [2.24, 2.45) is 0 Å². The molecule has 176 valence electrons. The molecule has 0 saturated heterocycles. The molecule has 0 saturated carbocycles. The number of aromatic nitrogens is 2. The average Bonchev–Trinajstić information content (AvgIpc) is 3.43. The summed E-state index contributed by atoms with van der Waals surface area (Å²) in [6.45, 7) is 0. The van der Waals surface area contributed by atoms with Crippen molar-refractivity contribution in [3.8, 4) is 16.9 Å². The molecule has 8 heteroatoms. The Morgan fingerprint density at radius 2 is 1.83 bits per heavy atom. The van der Waals surface area contributed by atoms with E-state index in [0.29, 0.717) is 28.3 Å². The molecule has 3 N–H and O–H groups in total. The quantitative estimate of drug-likeness (QED) is 0.365. The van der Waals surface area contributed by atoms with Gasteiger partial charge in [0.1, 0.15) is 11.6 Å². The van der Waals surface area contributed by atoms with Gasteiger partial charge in [-0.05, 0) is 53.8 Å². The number of aliphatic carboxylic acids is 1. The molecule has 1 heterocycles. The maximum atomic E-state index is 14.5. The zero-order valence-corrected chi connectivity index (χ0v) is 18.7. The number of carboxylic acid groups (broad SMARTS) is 1. The molecule has 0 fully saturated rings. The second kappa shape index (κ2) is 9.42. The number of aryl methyl sites for hydroxylation is 1. The van der Waals surface area contributed by atoms with Crippen LogP contribution in [0.5, 0.6) is 0 Å². The number of anilines is 1. The van der Waals surface area contributed by atoms with Crippen molar-refractivity contribution in [3.63, 3.8) is 0 Å². The van der Waals surface area contributed by atoms with E-state index >= 15 is 0 Å². The van der Waals surface area contributed by atoms with Crippen LogP contribution in [-0.2, 0) is 17.6 Å². The monoisotopic (exact) mass is 470 g/mol. The van der Waals surface area contributed by atoms with E-state index in [4.69, 9.17) is 5.11 Å². The van der Waals surface area contributed by atoms with Crippen molar-refractivity contribution in [2.45, 2.75) is 25.3 Å². The molecule has 1 aliphatic rings. The highest BCUT2D eigenvalue weighted by molar-refractivity contribution is 5.90. The number of carboxylic acids is 1. The largest absolute Gasteiger partial charge is 0.481 e. The number of benzene rings is 3. The molecule has 1 aliphatic carbocycles. The van der Waals surface area contributed by atoms with E-state index in [1.807, 2.05) is 18.2 Å². The zero-order chi connectivity index (χ0) is 24.4. The van der Waals surface area contributed by atoms with Crippen LogP contribution in [0.1, 0.15) is 29.2 Å². The van der Waals surface area contributed by atoms with Crippen LogP contribution in [0.4, 0.5) is 15.0 Å². The summed E-state index contributed by atoms with van der Waals surface area (Å²) in [6.07, 6.45) is 1.55. The highest BCUT2D eigenvalue weighted by atomic mass is 19.1. The topological polar surface area (TPSA) is 96.2 Å². The number of carbonyl (C=O) groups is 2. The maximum Gasteiger partial charge on any atom is 0.320 e. The summed E-state index contributed by atoms with van der Waals surface area (Å²) < 4.78 is 16.0. The predicted octanol–water partition coefficient (Wildman–Crippen LogP) is 5.11. The van der Waals surface area contributed by atoms with Crippen molar-refractivity contribution in [3.05, 3.63) is 101 Å². The number of halogens is 1. The average molecular weight is 471 g/mol. The van der Waals surface area contributed by atoms with Crippen molar-refractivity contribution in [1.82, 2.24) is 15.1 Å². The van der Waals surface area contributed by atoms with Gasteiger partial charge in [0, 0.05) is 11.6 Å². The highest BCUT2D eigenvalue weighted by Crippen LogP contribution is 2.31.